The third-order valence-corrected chi connectivity index (χ3v) is 4.57. The van der Waals surface area contributed by atoms with Crippen LogP contribution in [0.2, 0.25) is 0 Å². The highest BCUT2D eigenvalue weighted by Gasteiger charge is 2.25. The van der Waals surface area contributed by atoms with E-state index >= 15 is 0 Å². The summed E-state index contributed by atoms with van der Waals surface area (Å²) < 4.78 is 18.4. The topological polar surface area (TPSA) is 73.1 Å². The number of benzene rings is 1. The summed E-state index contributed by atoms with van der Waals surface area (Å²) >= 11 is 0. The first-order chi connectivity index (χ1) is 13.1. The van der Waals surface area contributed by atoms with Crippen molar-refractivity contribution in [2.24, 2.45) is 12.0 Å². The van der Waals surface area contributed by atoms with Crippen molar-refractivity contribution < 1.29 is 14.2 Å². The number of methoxy groups -OCH3 is 2. The summed E-state index contributed by atoms with van der Waals surface area (Å²) in [5.41, 5.74) is 2.17. The Morgan fingerprint density at radius 3 is 2.75 bits per heavy atom. The first-order valence-corrected chi connectivity index (χ1v) is 8.91. The Kier molecular flexibility index (Phi) is 8.36. The number of morpholine rings is 1. The molecule has 1 unspecified atom stereocenters. The van der Waals surface area contributed by atoms with Gasteiger partial charge < -0.3 is 24.4 Å². The molecule has 1 N–H and O–H groups in total. The fraction of sp³-hybridized carbons (Fsp3) is 0.474. The van der Waals surface area contributed by atoms with Gasteiger partial charge in [0.05, 0.1) is 33.6 Å². The molecule has 0 bridgehead atoms. The van der Waals surface area contributed by atoms with E-state index in [0.717, 1.165) is 41.7 Å². The number of halogens is 1. The standard InChI is InChI=1S/C19H27N5O3.HI/c1-20-19(21-10-14-5-6-16(25-3)17(9-14)26-4)24-7-8-27-18(13-24)15-11-22-23(2)12-15;/h5-6,9,11-12,18H,7-8,10,13H2,1-4H3,(H,20,21);1H. The van der Waals surface area contributed by atoms with Crippen molar-refractivity contribution in [1.82, 2.24) is 20.0 Å². The Labute approximate surface area is 182 Å². The second kappa shape index (κ2) is 10.5. The van der Waals surface area contributed by atoms with Crippen LogP contribution in [0.1, 0.15) is 17.2 Å². The number of rotatable bonds is 5. The molecule has 8 nitrogen and oxygen atoms in total. The van der Waals surface area contributed by atoms with Gasteiger partial charge in [-0.25, -0.2) is 0 Å². The number of nitrogens with zero attached hydrogens (tertiary/aromatic N) is 4. The normalized spacial score (nSPS) is 17.1. The Bertz CT molecular complexity index is 796. The zero-order valence-electron chi connectivity index (χ0n) is 16.7. The largest absolute Gasteiger partial charge is 0.493 e. The fourth-order valence-electron chi connectivity index (χ4n) is 3.15. The van der Waals surface area contributed by atoms with E-state index < -0.39 is 0 Å². The van der Waals surface area contributed by atoms with Crippen LogP contribution in [-0.4, -0.2) is 61.6 Å². The summed E-state index contributed by atoms with van der Waals surface area (Å²) in [7, 11) is 6.98. The van der Waals surface area contributed by atoms with Gasteiger partial charge in [0.15, 0.2) is 17.5 Å². The molecule has 154 valence electrons. The molecular weight excluding hydrogens is 473 g/mol. The monoisotopic (exact) mass is 501 g/mol. The maximum Gasteiger partial charge on any atom is 0.194 e. The predicted molar refractivity (Wildman–Crippen MR) is 119 cm³/mol. The number of ether oxygens (including phenoxy) is 3. The summed E-state index contributed by atoms with van der Waals surface area (Å²) in [5.74, 6) is 2.29. The summed E-state index contributed by atoms with van der Waals surface area (Å²) in [6.07, 6.45) is 3.84. The van der Waals surface area contributed by atoms with Crippen LogP contribution >= 0.6 is 24.0 Å². The number of aromatic nitrogens is 2. The number of hydrogen-bond acceptors (Lipinski definition) is 5. The molecule has 0 amide bonds. The van der Waals surface area contributed by atoms with Crippen LogP contribution in [0.25, 0.3) is 0 Å². The Balaban J connectivity index is 0.00000280. The third-order valence-electron chi connectivity index (χ3n) is 4.57. The number of aliphatic imine (C=N–C) groups is 1. The van der Waals surface area contributed by atoms with Gasteiger partial charge in [-0.05, 0) is 17.7 Å². The lowest BCUT2D eigenvalue weighted by Crippen LogP contribution is -2.47. The maximum atomic E-state index is 5.91. The van der Waals surface area contributed by atoms with E-state index in [1.54, 1.807) is 25.9 Å². The van der Waals surface area contributed by atoms with Gasteiger partial charge in [0.25, 0.3) is 0 Å². The molecule has 2 aromatic rings. The van der Waals surface area contributed by atoms with Crippen LogP contribution in [0, 0.1) is 0 Å². The Morgan fingerprint density at radius 1 is 1.32 bits per heavy atom. The summed E-state index contributed by atoms with van der Waals surface area (Å²) in [5, 5.41) is 7.66. The minimum atomic E-state index is -0.00733. The van der Waals surface area contributed by atoms with Crippen molar-refractivity contribution in [3.8, 4) is 11.5 Å². The first-order valence-electron chi connectivity index (χ1n) is 8.91. The number of guanidine groups is 1. The molecule has 1 aliphatic heterocycles. The number of aryl methyl sites for hydroxylation is 1. The van der Waals surface area contributed by atoms with Crippen molar-refractivity contribution in [3.05, 3.63) is 41.7 Å². The van der Waals surface area contributed by atoms with E-state index in [-0.39, 0.29) is 30.1 Å². The molecule has 1 aromatic carbocycles. The van der Waals surface area contributed by atoms with Gasteiger partial charge in [-0.3, -0.25) is 9.67 Å². The molecule has 0 aliphatic carbocycles. The fourth-order valence-corrected chi connectivity index (χ4v) is 3.15. The van der Waals surface area contributed by atoms with Crippen LogP contribution in [-0.2, 0) is 18.3 Å². The van der Waals surface area contributed by atoms with Crippen molar-refractivity contribution in [1.29, 1.82) is 0 Å². The van der Waals surface area contributed by atoms with E-state index in [4.69, 9.17) is 14.2 Å². The second-order valence-corrected chi connectivity index (χ2v) is 6.34. The highest BCUT2D eigenvalue weighted by atomic mass is 127. The lowest BCUT2D eigenvalue weighted by atomic mass is 10.1. The molecule has 0 saturated carbocycles. The average Bonchev–Trinajstić information content (AvgIpc) is 3.15. The Hall–Kier alpha value is -2.01. The van der Waals surface area contributed by atoms with Crippen molar-refractivity contribution in [2.75, 3.05) is 41.0 Å². The molecular formula is C19H28IN5O3. The molecule has 0 radical (unpaired) electrons. The smallest absolute Gasteiger partial charge is 0.194 e. The molecule has 2 heterocycles. The van der Waals surface area contributed by atoms with Gasteiger partial charge in [0.1, 0.15) is 6.10 Å². The van der Waals surface area contributed by atoms with Gasteiger partial charge in [0.2, 0.25) is 0 Å². The van der Waals surface area contributed by atoms with Gasteiger partial charge in [-0.2, -0.15) is 5.10 Å². The maximum absolute atomic E-state index is 5.91. The molecule has 1 fully saturated rings. The van der Waals surface area contributed by atoms with Crippen LogP contribution in [0.5, 0.6) is 11.5 Å². The first kappa shape index (κ1) is 22.3. The van der Waals surface area contributed by atoms with Crippen molar-refractivity contribution >= 4 is 29.9 Å². The lowest BCUT2D eigenvalue weighted by molar-refractivity contribution is -0.00805. The second-order valence-electron chi connectivity index (χ2n) is 6.34. The highest BCUT2D eigenvalue weighted by molar-refractivity contribution is 14.0. The zero-order valence-corrected chi connectivity index (χ0v) is 19.0. The number of hydrogen-bond donors (Lipinski definition) is 1. The third kappa shape index (κ3) is 5.28. The van der Waals surface area contributed by atoms with Gasteiger partial charge in [-0.1, -0.05) is 6.07 Å². The highest BCUT2D eigenvalue weighted by Crippen LogP contribution is 2.27. The zero-order chi connectivity index (χ0) is 19.2. The van der Waals surface area contributed by atoms with Crippen LogP contribution in [0.4, 0.5) is 0 Å². The molecule has 9 heteroatoms. The van der Waals surface area contributed by atoms with Crippen LogP contribution < -0.4 is 14.8 Å². The van der Waals surface area contributed by atoms with E-state index in [0.29, 0.717) is 13.2 Å². The quantitative estimate of drug-likeness (QED) is 0.385. The lowest BCUT2D eigenvalue weighted by Gasteiger charge is -2.34. The Morgan fingerprint density at radius 2 is 2.11 bits per heavy atom. The molecule has 3 rings (SSSR count). The summed E-state index contributed by atoms with van der Waals surface area (Å²) in [6.45, 7) is 2.82. The van der Waals surface area contributed by atoms with E-state index in [9.17, 15) is 0 Å². The van der Waals surface area contributed by atoms with Crippen molar-refractivity contribution in [2.45, 2.75) is 12.6 Å². The van der Waals surface area contributed by atoms with E-state index in [2.05, 4.69) is 20.3 Å². The van der Waals surface area contributed by atoms with Crippen LogP contribution in [0.15, 0.2) is 35.6 Å². The molecule has 1 atom stereocenters. The summed E-state index contributed by atoms with van der Waals surface area (Å²) in [6, 6.07) is 5.89. The van der Waals surface area contributed by atoms with Crippen LogP contribution in [0.3, 0.4) is 0 Å². The molecule has 1 aliphatic rings. The molecule has 1 aromatic heterocycles. The minimum Gasteiger partial charge on any atom is -0.493 e. The predicted octanol–water partition coefficient (Wildman–Crippen LogP) is 2.20. The molecule has 1 saturated heterocycles. The van der Waals surface area contributed by atoms with E-state index in [1.165, 1.54) is 0 Å². The van der Waals surface area contributed by atoms with Crippen molar-refractivity contribution in [3.63, 3.8) is 0 Å². The SMILES string of the molecule is CN=C(NCc1ccc(OC)c(OC)c1)N1CCOC(c2cnn(C)c2)C1.I. The summed E-state index contributed by atoms with van der Waals surface area (Å²) in [4.78, 5) is 6.65. The van der Waals surface area contributed by atoms with Gasteiger partial charge in [-0.15, -0.1) is 24.0 Å². The van der Waals surface area contributed by atoms with Gasteiger partial charge in [0, 0.05) is 38.9 Å². The van der Waals surface area contributed by atoms with E-state index in [1.807, 2.05) is 37.6 Å². The average molecular weight is 501 g/mol. The molecule has 0 spiro atoms. The minimum absolute atomic E-state index is 0. The van der Waals surface area contributed by atoms with Gasteiger partial charge >= 0.3 is 0 Å². The molecule has 28 heavy (non-hydrogen) atoms. The number of nitrogens with one attached hydrogen (secondary N) is 1.